The predicted molar refractivity (Wildman–Crippen MR) is 349 cm³/mol. The number of para-hydroxylation sites is 4. The number of aromatic nitrogens is 3. The van der Waals surface area contributed by atoms with E-state index in [-0.39, 0.29) is 0 Å². The summed E-state index contributed by atoms with van der Waals surface area (Å²) >= 11 is 0. The molecule has 3 heterocycles. The third kappa shape index (κ3) is 7.57. The van der Waals surface area contributed by atoms with Crippen LogP contribution in [0.2, 0.25) is 0 Å². The van der Waals surface area contributed by atoms with Crippen molar-refractivity contribution in [2.45, 2.75) is 0 Å². The zero-order valence-corrected chi connectivity index (χ0v) is 45.9. The lowest BCUT2D eigenvalue weighted by molar-refractivity contribution is 1.13. The van der Waals surface area contributed by atoms with Crippen molar-refractivity contribution in [3.05, 3.63) is 322 Å². The Morgan fingerprint density at radius 2 is 0.512 bits per heavy atom. The average molecular weight is 1060 g/mol. The maximum atomic E-state index is 2.52. The molecule has 3 aromatic heterocycles. The first-order valence-corrected chi connectivity index (χ1v) is 30.3. The van der Waals surface area contributed by atoms with Crippen LogP contribution in [0.1, 0.15) is 0 Å². The lowest BCUT2D eigenvalue weighted by Gasteiger charge is -2.35. The molecule has 0 spiro atoms. The van der Waals surface area contributed by atoms with E-state index in [1.54, 1.807) is 0 Å². The van der Waals surface area contributed by atoms with Crippen LogP contribution in [0.4, 0.5) is 0 Å². The molecule has 0 fully saturated rings. The van der Waals surface area contributed by atoms with Crippen molar-refractivity contribution in [2.24, 2.45) is 0 Å². The fourth-order valence-corrected chi connectivity index (χ4v) is 18.3. The van der Waals surface area contributed by atoms with E-state index in [1.165, 1.54) is 86.4 Å². The molecule has 13 aromatic carbocycles. The zero-order chi connectivity index (χ0) is 54.1. The lowest BCUT2D eigenvalue weighted by Crippen LogP contribution is -2.74. The Kier molecular flexibility index (Phi) is 11.2. The van der Waals surface area contributed by atoms with Gasteiger partial charge in [0.05, 0.1) is 33.1 Å². The Balaban J connectivity index is 0.952. The predicted octanol–water partition coefficient (Wildman–Crippen LogP) is 17.4. The van der Waals surface area contributed by atoms with Crippen LogP contribution in [0, 0.1) is 0 Å². The molecule has 0 aliphatic rings. The van der Waals surface area contributed by atoms with E-state index in [0.29, 0.717) is 0 Å². The second-order valence-corrected chi connectivity index (χ2v) is 25.4. The Morgan fingerprint density at radius 3 is 1.04 bits per heavy atom. The van der Waals surface area contributed by atoms with E-state index in [2.05, 4.69) is 335 Å². The summed E-state index contributed by atoms with van der Waals surface area (Å²) in [5, 5.41) is 12.7. The van der Waals surface area contributed by atoms with Crippen molar-refractivity contribution in [1.29, 1.82) is 0 Å². The molecule has 0 bridgehead atoms. The van der Waals surface area contributed by atoms with Crippen LogP contribution in [0.5, 0.6) is 0 Å². The summed E-state index contributed by atoms with van der Waals surface area (Å²) in [5.41, 5.74) is 17.5. The van der Waals surface area contributed by atoms with Gasteiger partial charge in [-0.1, -0.05) is 249 Å². The topological polar surface area (TPSA) is 14.8 Å². The number of hydrogen-bond donors (Lipinski definition) is 0. The molecule has 0 N–H and O–H groups in total. The molecule has 16 rings (SSSR count). The molecule has 0 unspecified atom stereocenters. The fourth-order valence-electron chi connectivity index (χ4n) is 13.5. The van der Waals surface area contributed by atoms with Crippen molar-refractivity contribution in [3.63, 3.8) is 0 Å². The molecule has 16 aromatic rings. The minimum Gasteiger partial charge on any atom is -0.309 e. The highest BCUT2D eigenvalue weighted by Crippen LogP contribution is 2.41. The van der Waals surface area contributed by atoms with Gasteiger partial charge >= 0.3 is 0 Å². The van der Waals surface area contributed by atoms with Gasteiger partial charge in [-0.25, -0.2) is 0 Å². The minimum atomic E-state index is -2.98. The van der Waals surface area contributed by atoms with Gasteiger partial charge in [0.25, 0.3) is 0 Å². The lowest BCUT2D eigenvalue weighted by atomic mass is 10.0. The Labute approximate surface area is 477 Å². The van der Waals surface area contributed by atoms with Crippen molar-refractivity contribution >= 4 is 94.2 Å². The number of benzene rings is 13. The van der Waals surface area contributed by atoms with Gasteiger partial charge < -0.3 is 13.7 Å². The largest absolute Gasteiger partial charge is 0.309 e. The second kappa shape index (κ2) is 19.4. The van der Waals surface area contributed by atoms with Crippen molar-refractivity contribution in [3.8, 4) is 50.4 Å². The maximum Gasteiger partial charge on any atom is 0.179 e. The third-order valence-electron chi connectivity index (χ3n) is 17.2. The summed E-state index contributed by atoms with van der Waals surface area (Å²) in [4.78, 5) is 0. The third-order valence-corrected chi connectivity index (χ3v) is 21.9. The highest BCUT2D eigenvalue weighted by atomic mass is 28.3. The van der Waals surface area contributed by atoms with E-state index in [4.69, 9.17) is 0 Å². The first-order chi connectivity index (χ1) is 40.7. The monoisotopic (exact) mass is 1060 g/mol. The second-order valence-electron chi connectivity index (χ2n) is 21.6. The molecule has 0 radical (unpaired) electrons. The molecule has 384 valence electrons. The molecule has 0 amide bonds. The summed E-state index contributed by atoms with van der Waals surface area (Å²) in [6.07, 6.45) is 0. The summed E-state index contributed by atoms with van der Waals surface area (Å²) in [5.74, 6) is 0. The number of nitrogens with zero attached hydrogens (tertiary/aromatic N) is 3. The van der Waals surface area contributed by atoms with Crippen LogP contribution in [0.25, 0.3) is 116 Å². The number of rotatable bonds is 10. The number of fused-ring (bicyclic) bond motifs is 9. The van der Waals surface area contributed by atoms with Crippen LogP contribution >= 0.6 is 0 Å². The van der Waals surface area contributed by atoms with Gasteiger partial charge in [-0.2, -0.15) is 0 Å². The van der Waals surface area contributed by atoms with Crippen molar-refractivity contribution < 1.29 is 0 Å². The van der Waals surface area contributed by atoms with Crippen LogP contribution in [-0.4, -0.2) is 21.8 Å². The van der Waals surface area contributed by atoms with Gasteiger partial charge in [-0.05, 0) is 127 Å². The summed E-state index contributed by atoms with van der Waals surface area (Å²) in [6, 6.07) is 120. The Bertz CT molecular complexity index is 4980. The first-order valence-electron chi connectivity index (χ1n) is 28.3. The van der Waals surface area contributed by atoms with E-state index in [0.717, 1.165) is 50.3 Å². The van der Waals surface area contributed by atoms with Gasteiger partial charge in [-0.3, -0.25) is 0 Å². The molecule has 0 atom stereocenters. The molecular weight excluding hydrogens is 1010 g/mol. The molecule has 0 aliphatic carbocycles. The standard InChI is InChI=1S/C78H53N3Si/c1-5-22-54(23-6-1)56-40-44-65(45-41-56)82(63-27-9-3-10-28-63,64-29-11-4-12-30-64)66-31-21-26-57(50-66)59-48-61(80-75-38-19-15-34-69(75)71-51-58(42-46-77(71)80)55-24-7-2-8-25-55)52-62(49-59)81-76-39-20-16-35-70(76)72-53-60(43-47-78(72)81)79-73-36-17-13-32-67(73)68-33-14-18-37-74(68)79/h1-53H. The van der Waals surface area contributed by atoms with Gasteiger partial charge in [0, 0.05) is 49.4 Å². The normalized spacial score (nSPS) is 11.9. The average Bonchev–Trinajstić information content (AvgIpc) is 4.34. The van der Waals surface area contributed by atoms with Gasteiger partial charge in [-0.15, -0.1) is 0 Å². The summed E-state index contributed by atoms with van der Waals surface area (Å²) < 4.78 is 7.42. The fraction of sp³-hybridized carbons (Fsp3) is 0. The van der Waals surface area contributed by atoms with Crippen LogP contribution in [-0.2, 0) is 0 Å². The molecule has 0 saturated carbocycles. The smallest absolute Gasteiger partial charge is 0.179 e. The molecule has 0 saturated heterocycles. The van der Waals surface area contributed by atoms with Gasteiger partial charge in [0.2, 0.25) is 0 Å². The molecular formula is C78H53N3Si. The molecule has 82 heavy (non-hydrogen) atoms. The highest BCUT2D eigenvalue weighted by molar-refractivity contribution is 7.20. The Hall–Kier alpha value is -10.5. The zero-order valence-electron chi connectivity index (χ0n) is 44.9. The van der Waals surface area contributed by atoms with Crippen LogP contribution in [0.15, 0.2) is 322 Å². The van der Waals surface area contributed by atoms with E-state index >= 15 is 0 Å². The van der Waals surface area contributed by atoms with Gasteiger partial charge in [0.15, 0.2) is 8.07 Å². The van der Waals surface area contributed by atoms with E-state index < -0.39 is 8.07 Å². The van der Waals surface area contributed by atoms with Gasteiger partial charge in [0.1, 0.15) is 0 Å². The molecule has 3 nitrogen and oxygen atoms in total. The summed E-state index contributed by atoms with van der Waals surface area (Å²) in [6.45, 7) is 0. The summed E-state index contributed by atoms with van der Waals surface area (Å²) in [7, 11) is -2.98. The minimum absolute atomic E-state index is 1.09. The van der Waals surface area contributed by atoms with Crippen molar-refractivity contribution in [1.82, 2.24) is 13.7 Å². The number of hydrogen-bond acceptors (Lipinski definition) is 0. The van der Waals surface area contributed by atoms with Crippen molar-refractivity contribution in [2.75, 3.05) is 0 Å². The molecule has 0 aliphatic heterocycles. The molecule has 4 heteroatoms. The van der Waals surface area contributed by atoms with E-state index in [1.807, 2.05) is 0 Å². The maximum absolute atomic E-state index is 2.98. The van der Waals surface area contributed by atoms with E-state index in [9.17, 15) is 0 Å². The van der Waals surface area contributed by atoms with Crippen LogP contribution in [0.3, 0.4) is 0 Å². The highest BCUT2D eigenvalue weighted by Gasteiger charge is 2.41. The Morgan fingerprint density at radius 1 is 0.171 bits per heavy atom. The first kappa shape index (κ1) is 47.5. The quantitative estimate of drug-likeness (QED) is 0.0958. The van der Waals surface area contributed by atoms with Crippen LogP contribution < -0.4 is 20.7 Å². The SMILES string of the molecule is c1ccc(-c2ccc([Si](c3ccccc3)(c3ccccc3)c3cccc(-c4cc(-n5c6ccccc6c6cc(-c7ccccc7)ccc65)cc(-n5c6ccccc6c6cc(-n7c8ccccc8c8ccccc87)ccc65)c4)c3)cc2)cc1.